The topological polar surface area (TPSA) is 121 Å². The summed E-state index contributed by atoms with van der Waals surface area (Å²) in [6.07, 6.45) is -0.0182. The second kappa shape index (κ2) is 13.4. The van der Waals surface area contributed by atoms with Gasteiger partial charge in [0.1, 0.15) is 11.3 Å². The molecule has 1 amide bonds. The van der Waals surface area contributed by atoms with Gasteiger partial charge in [-0.2, -0.15) is 14.8 Å². The molecule has 0 aliphatic rings. The quantitative estimate of drug-likeness (QED) is 0.346. The molecular formula is C24H26ClFN6O3S2. The monoisotopic (exact) mass is 564 g/mol. The molecule has 0 atom stereocenters. The van der Waals surface area contributed by atoms with Crippen molar-refractivity contribution < 1.29 is 17.6 Å². The van der Waals surface area contributed by atoms with Gasteiger partial charge >= 0.3 is 0 Å². The Morgan fingerprint density at radius 1 is 1.00 bits per heavy atom. The fourth-order valence-corrected chi connectivity index (χ4v) is 5.82. The first-order valence-electron chi connectivity index (χ1n) is 11.0. The number of anilines is 1. The van der Waals surface area contributed by atoms with Crippen LogP contribution in [0, 0.1) is 28.5 Å². The number of carbonyl (C=O) groups excluding carboxylic acids is 1. The molecule has 0 spiro atoms. The molecule has 2 aromatic carbocycles. The number of carbonyl (C=O) groups is 1. The number of rotatable bonds is 11. The highest BCUT2D eigenvalue weighted by molar-refractivity contribution is 7.89. The van der Waals surface area contributed by atoms with E-state index < -0.39 is 21.7 Å². The highest BCUT2D eigenvalue weighted by atomic mass is 35.5. The fourth-order valence-electron chi connectivity index (χ4n) is 3.38. The van der Waals surface area contributed by atoms with Gasteiger partial charge in [-0.25, -0.2) is 17.8 Å². The van der Waals surface area contributed by atoms with E-state index in [1.54, 1.807) is 12.1 Å². The van der Waals surface area contributed by atoms with E-state index in [9.17, 15) is 17.6 Å². The Bertz CT molecular complexity index is 1400. The molecule has 0 radical (unpaired) electrons. The SMILES string of the molecule is CN(C)CCN(C(=O)c1ccc(S(=O)(=O)N(CCC#N)CCC#N)cc1)c1nc2c(F)cccc2s1.Cl. The number of halogens is 2. The smallest absolute Gasteiger partial charge is 0.260 e. The number of para-hydroxylation sites is 1. The Balaban J connectivity index is 0.00000481. The molecule has 0 saturated heterocycles. The number of likely N-dealkylation sites (N-methyl/N-ethyl adjacent to an activating group) is 1. The van der Waals surface area contributed by atoms with Gasteiger partial charge in [0.05, 0.1) is 21.7 Å². The summed E-state index contributed by atoms with van der Waals surface area (Å²) in [5, 5.41) is 18.1. The molecular weight excluding hydrogens is 539 g/mol. The molecule has 196 valence electrons. The third-order valence-electron chi connectivity index (χ3n) is 5.29. The van der Waals surface area contributed by atoms with Crippen molar-refractivity contribution >= 4 is 55.0 Å². The molecule has 37 heavy (non-hydrogen) atoms. The van der Waals surface area contributed by atoms with Gasteiger partial charge in [-0.3, -0.25) is 9.69 Å². The molecule has 1 aromatic heterocycles. The zero-order chi connectivity index (χ0) is 26.3. The van der Waals surface area contributed by atoms with Crippen LogP contribution in [0.4, 0.5) is 9.52 Å². The molecule has 3 aromatic rings. The number of hydrogen-bond donors (Lipinski definition) is 0. The normalized spacial score (nSPS) is 11.2. The molecule has 0 aliphatic carbocycles. The predicted octanol–water partition coefficient (Wildman–Crippen LogP) is 3.88. The Morgan fingerprint density at radius 2 is 1.62 bits per heavy atom. The van der Waals surface area contributed by atoms with Crippen molar-refractivity contribution in [2.24, 2.45) is 0 Å². The van der Waals surface area contributed by atoms with E-state index in [0.717, 1.165) is 4.31 Å². The average Bonchev–Trinajstić information content (AvgIpc) is 3.29. The predicted molar refractivity (Wildman–Crippen MR) is 143 cm³/mol. The lowest BCUT2D eigenvalue weighted by Crippen LogP contribution is -2.37. The Morgan fingerprint density at radius 3 is 2.16 bits per heavy atom. The lowest BCUT2D eigenvalue weighted by atomic mass is 10.2. The minimum absolute atomic E-state index is 0. The van der Waals surface area contributed by atoms with Crippen molar-refractivity contribution in [1.82, 2.24) is 14.2 Å². The van der Waals surface area contributed by atoms with Crippen LogP contribution in [0.2, 0.25) is 0 Å². The Hall–Kier alpha value is -3.13. The number of aromatic nitrogens is 1. The van der Waals surface area contributed by atoms with E-state index in [-0.39, 0.29) is 54.3 Å². The number of amides is 1. The molecule has 13 heteroatoms. The molecule has 0 saturated carbocycles. The average molecular weight is 565 g/mol. The van der Waals surface area contributed by atoms with Crippen molar-refractivity contribution in [3.8, 4) is 12.1 Å². The second-order valence-electron chi connectivity index (χ2n) is 8.09. The van der Waals surface area contributed by atoms with E-state index in [1.165, 1.54) is 46.6 Å². The minimum Gasteiger partial charge on any atom is -0.308 e. The van der Waals surface area contributed by atoms with Gasteiger partial charge in [-0.1, -0.05) is 17.4 Å². The molecule has 0 unspecified atom stereocenters. The maximum absolute atomic E-state index is 14.2. The number of nitrogens with zero attached hydrogens (tertiary/aromatic N) is 6. The summed E-state index contributed by atoms with van der Waals surface area (Å²) in [7, 11) is -0.225. The van der Waals surface area contributed by atoms with Crippen molar-refractivity contribution in [1.29, 1.82) is 10.5 Å². The molecule has 3 rings (SSSR count). The van der Waals surface area contributed by atoms with Crippen molar-refractivity contribution in [2.45, 2.75) is 17.7 Å². The van der Waals surface area contributed by atoms with Gasteiger partial charge < -0.3 is 4.90 Å². The van der Waals surface area contributed by atoms with Crippen LogP contribution in [-0.4, -0.2) is 68.8 Å². The standard InChI is InChI=1S/C24H25FN6O3S2.ClH/c1-29(2)16-17-31(24-28-22-20(25)6-3-7-21(22)35-24)23(32)18-8-10-19(11-9-18)36(33,34)30(14-4-12-26)15-5-13-27;/h3,6-11H,4-5,14-17H2,1-2H3;1H. The molecule has 9 nitrogen and oxygen atoms in total. The number of hydrogen-bond acceptors (Lipinski definition) is 8. The minimum atomic E-state index is -3.96. The summed E-state index contributed by atoms with van der Waals surface area (Å²) in [5.74, 6) is -0.868. The van der Waals surface area contributed by atoms with Crippen LogP contribution in [-0.2, 0) is 10.0 Å². The zero-order valence-corrected chi connectivity index (χ0v) is 22.7. The number of thiazole rings is 1. The summed E-state index contributed by atoms with van der Waals surface area (Å²) >= 11 is 1.20. The van der Waals surface area contributed by atoms with Gasteiger partial charge in [0.2, 0.25) is 10.0 Å². The van der Waals surface area contributed by atoms with E-state index in [2.05, 4.69) is 4.98 Å². The van der Waals surface area contributed by atoms with E-state index in [1.807, 2.05) is 31.1 Å². The summed E-state index contributed by atoms with van der Waals surface area (Å²) in [4.78, 5) is 21.1. The van der Waals surface area contributed by atoms with Gasteiger partial charge in [0, 0.05) is 44.6 Å². The number of fused-ring (bicyclic) bond motifs is 1. The third-order valence-corrected chi connectivity index (χ3v) is 8.25. The van der Waals surface area contributed by atoms with Crippen molar-refractivity contribution in [2.75, 3.05) is 45.2 Å². The summed E-state index contributed by atoms with van der Waals surface area (Å²) in [6.45, 7) is 0.758. The molecule has 1 heterocycles. The second-order valence-corrected chi connectivity index (χ2v) is 11.0. The third kappa shape index (κ3) is 7.22. The van der Waals surface area contributed by atoms with Gasteiger partial charge in [-0.05, 0) is 50.5 Å². The maximum atomic E-state index is 14.2. The van der Waals surface area contributed by atoms with Gasteiger partial charge in [0.25, 0.3) is 5.91 Å². The molecule has 0 aliphatic heterocycles. The van der Waals surface area contributed by atoms with Crippen LogP contribution >= 0.6 is 23.7 Å². The Labute approximate surface area is 225 Å². The lowest BCUT2D eigenvalue weighted by Gasteiger charge is -2.22. The summed E-state index contributed by atoms with van der Waals surface area (Å²) in [5.41, 5.74) is 0.435. The van der Waals surface area contributed by atoms with Crippen LogP contribution in [0.15, 0.2) is 47.4 Å². The van der Waals surface area contributed by atoms with Crippen LogP contribution in [0.25, 0.3) is 10.2 Å². The van der Waals surface area contributed by atoms with Gasteiger partial charge in [0.15, 0.2) is 5.13 Å². The fraction of sp³-hybridized carbons (Fsp3) is 0.333. The molecule has 0 fully saturated rings. The van der Waals surface area contributed by atoms with E-state index in [0.29, 0.717) is 22.9 Å². The first-order valence-corrected chi connectivity index (χ1v) is 13.3. The van der Waals surface area contributed by atoms with Crippen LogP contribution in [0.3, 0.4) is 0 Å². The molecule has 0 N–H and O–H groups in total. The van der Waals surface area contributed by atoms with E-state index in [4.69, 9.17) is 10.5 Å². The Kier molecular flexibility index (Phi) is 10.9. The largest absolute Gasteiger partial charge is 0.308 e. The van der Waals surface area contributed by atoms with Gasteiger partial charge in [-0.15, -0.1) is 12.4 Å². The van der Waals surface area contributed by atoms with Crippen molar-refractivity contribution in [3.63, 3.8) is 0 Å². The molecule has 0 bridgehead atoms. The first-order chi connectivity index (χ1) is 17.2. The van der Waals surface area contributed by atoms with Crippen LogP contribution < -0.4 is 4.90 Å². The maximum Gasteiger partial charge on any atom is 0.260 e. The van der Waals surface area contributed by atoms with Crippen LogP contribution in [0.5, 0.6) is 0 Å². The number of benzene rings is 2. The number of sulfonamides is 1. The summed E-state index contributed by atoms with van der Waals surface area (Å²) in [6, 6.07) is 13.9. The highest BCUT2D eigenvalue weighted by Crippen LogP contribution is 2.31. The number of nitriles is 2. The van der Waals surface area contributed by atoms with E-state index >= 15 is 0 Å². The highest BCUT2D eigenvalue weighted by Gasteiger charge is 2.26. The first kappa shape index (κ1) is 30.1. The van der Waals surface area contributed by atoms with Crippen LogP contribution in [0.1, 0.15) is 23.2 Å². The zero-order valence-electron chi connectivity index (χ0n) is 20.3. The lowest BCUT2D eigenvalue weighted by molar-refractivity contribution is 0.0985. The van der Waals surface area contributed by atoms with Crippen molar-refractivity contribution in [3.05, 3.63) is 53.8 Å². The summed E-state index contributed by atoms with van der Waals surface area (Å²) < 4.78 is 42.0.